The van der Waals surface area contributed by atoms with Gasteiger partial charge in [-0.15, -0.1) is 0 Å². The van der Waals surface area contributed by atoms with Gasteiger partial charge in [0.15, 0.2) is 0 Å². The van der Waals surface area contributed by atoms with E-state index in [0.717, 1.165) is 0 Å². The summed E-state index contributed by atoms with van der Waals surface area (Å²) in [4.78, 5) is 35.8. The van der Waals surface area contributed by atoms with Crippen LogP contribution in [0.15, 0.2) is 48.5 Å². The predicted octanol–water partition coefficient (Wildman–Crippen LogP) is 1.69. The molecule has 0 saturated carbocycles. The van der Waals surface area contributed by atoms with Crippen molar-refractivity contribution in [3.05, 3.63) is 65.5 Å². The first-order valence-corrected chi connectivity index (χ1v) is 8.96. The Kier molecular flexibility index (Phi) is 7.70. The van der Waals surface area contributed by atoms with E-state index in [4.69, 9.17) is 4.74 Å². The molecule has 0 saturated heterocycles. The number of halogens is 1. The van der Waals surface area contributed by atoms with Crippen LogP contribution in [-0.2, 0) is 27.2 Å². The molecule has 0 bridgehead atoms. The number of rotatable bonds is 9. The third-order valence-electron chi connectivity index (χ3n) is 4.21. The van der Waals surface area contributed by atoms with Crippen LogP contribution in [0, 0.1) is 5.82 Å². The molecule has 0 unspecified atom stereocenters. The van der Waals surface area contributed by atoms with Crippen LogP contribution < -0.4 is 15.4 Å². The monoisotopic (exact) mass is 402 g/mol. The van der Waals surface area contributed by atoms with Gasteiger partial charge in [0.1, 0.15) is 23.7 Å². The number of carboxylic acid groups (broad SMARTS) is 1. The molecule has 2 aromatic carbocycles. The number of carbonyl (C=O) groups is 3. The average molecular weight is 402 g/mol. The van der Waals surface area contributed by atoms with Crippen LogP contribution in [0.1, 0.15) is 18.1 Å². The average Bonchev–Trinajstić information content (AvgIpc) is 2.66. The number of carboxylic acids is 1. The lowest BCUT2D eigenvalue weighted by Gasteiger charge is -2.21. The van der Waals surface area contributed by atoms with Gasteiger partial charge in [-0.2, -0.15) is 0 Å². The molecule has 0 radical (unpaired) electrons. The van der Waals surface area contributed by atoms with Crippen LogP contribution in [0.4, 0.5) is 4.39 Å². The number of methoxy groups -OCH3 is 1. The Labute approximate surface area is 167 Å². The standard InChI is InChI=1S/C21H23FN2O5/c1-13(25)23-18(11-14-5-3-7-16(22)9-14)20(26)24-19(21(27)28)12-15-6-4-8-17(10-15)29-2/h3-10,18-19H,11-12H2,1-2H3,(H,23,25)(H,24,26)(H,27,28)/t18-,19-/m0/s1. The Morgan fingerprint density at radius 3 is 2.21 bits per heavy atom. The molecule has 0 heterocycles. The SMILES string of the molecule is COc1cccc(C[C@H](NC(=O)[C@H](Cc2cccc(F)c2)NC(C)=O)C(=O)O)c1. The zero-order chi connectivity index (χ0) is 21.4. The molecule has 0 aliphatic heterocycles. The van der Waals surface area contributed by atoms with Crippen molar-refractivity contribution < 1.29 is 28.6 Å². The number of ether oxygens (including phenoxy) is 1. The quantitative estimate of drug-likeness (QED) is 0.592. The van der Waals surface area contributed by atoms with Gasteiger partial charge in [0.2, 0.25) is 11.8 Å². The molecular formula is C21H23FN2O5. The number of hydrogen-bond donors (Lipinski definition) is 3. The van der Waals surface area contributed by atoms with Crippen molar-refractivity contribution in [2.75, 3.05) is 7.11 Å². The Hall–Kier alpha value is -3.42. The first-order valence-electron chi connectivity index (χ1n) is 8.96. The zero-order valence-corrected chi connectivity index (χ0v) is 16.1. The van der Waals surface area contributed by atoms with Crippen molar-refractivity contribution in [1.29, 1.82) is 0 Å². The van der Waals surface area contributed by atoms with Crippen molar-refractivity contribution in [2.24, 2.45) is 0 Å². The van der Waals surface area contributed by atoms with E-state index in [2.05, 4.69) is 10.6 Å². The number of benzene rings is 2. The highest BCUT2D eigenvalue weighted by Crippen LogP contribution is 2.14. The van der Waals surface area contributed by atoms with Gasteiger partial charge >= 0.3 is 5.97 Å². The normalized spacial score (nSPS) is 12.5. The Bertz CT molecular complexity index is 887. The zero-order valence-electron chi connectivity index (χ0n) is 16.1. The highest BCUT2D eigenvalue weighted by atomic mass is 19.1. The van der Waals surface area contributed by atoms with Gasteiger partial charge in [-0.3, -0.25) is 9.59 Å². The van der Waals surface area contributed by atoms with Crippen molar-refractivity contribution >= 4 is 17.8 Å². The Balaban J connectivity index is 2.14. The van der Waals surface area contributed by atoms with E-state index >= 15 is 0 Å². The fourth-order valence-electron chi connectivity index (χ4n) is 2.86. The van der Waals surface area contributed by atoms with Gasteiger partial charge in [-0.05, 0) is 35.4 Å². The molecule has 2 rings (SSSR count). The van der Waals surface area contributed by atoms with Crippen molar-refractivity contribution in [3.63, 3.8) is 0 Å². The Morgan fingerprint density at radius 1 is 1.00 bits per heavy atom. The third kappa shape index (κ3) is 6.91. The number of hydrogen-bond acceptors (Lipinski definition) is 4. The van der Waals surface area contributed by atoms with E-state index in [0.29, 0.717) is 16.9 Å². The summed E-state index contributed by atoms with van der Waals surface area (Å²) in [6, 6.07) is 10.2. The highest BCUT2D eigenvalue weighted by molar-refractivity contribution is 5.90. The molecule has 8 heteroatoms. The molecule has 0 aromatic heterocycles. The molecule has 2 amide bonds. The first kappa shape index (κ1) is 21.9. The summed E-state index contributed by atoms with van der Waals surface area (Å²) >= 11 is 0. The molecule has 0 spiro atoms. The maximum atomic E-state index is 13.4. The molecular weight excluding hydrogens is 379 g/mol. The fourth-order valence-corrected chi connectivity index (χ4v) is 2.86. The van der Waals surface area contributed by atoms with Crippen molar-refractivity contribution in [3.8, 4) is 5.75 Å². The molecule has 3 N–H and O–H groups in total. The minimum absolute atomic E-state index is 0.0225. The summed E-state index contributed by atoms with van der Waals surface area (Å²) in [5.74, 6) is -2.24. The topological polar surface area (TPSA) is 105 Å². The lowest BCUT2D eigenvalue weighted by Crippen LogP contribution is -2.52. The molecule has 7 nitrogen and oxygen atoms in total. The van der Waals surface area contributed by atoms with Gasteiger partial charge in [0.25, 0.3) is 0 Å². The molecule has 2 atom stereocenters. The molecule has 29 heavy (non-hydrogen) atoms. The van der Waals surface area contributed by atoms with Crippen LogP contribution in [0.5, 0.6) is 5.75 Å². The smallest absolute Gasteiger partial charge is 0.326 e. The summed E-state index contributed by atoms with van der Waals surface area (Å²) in [5.41, 5.74) is 1.16. The van der Waals surface area contributed by atoms with E-state index in [9.17, 15) is 23.9 Å². The second-order valence-electron chi connectivity index (χ2n) is 6.54. The van der Waals surface area contributed by atoms with E-state index in [-0.39, 0.29) is 12.8 Å². The van der Waals surface area contributed by atoms with Gasteiger partial charge < -0.3 is 20.5 Å². The molecule has 154 valence electrons. The lowest BCUT2D eigenvalue weighted by molar-refractivity contribution is -0.142. The highest BCUT2D eigenvalue weighted by Gasteiger charge is 2.26. The molecule has 0 aliphatic rings. The van der Waals surface area contributed by atoms with Crippen LogP contribution in [0.3, 0.4) is 0 Å². The minimum atomic E-state index is -1.21. The maximum Gasteiger partial charge on any atom is 0.326 e. The van der Waals surface area contributed by atoms with Crippen molar-refractivity contribution in [2.45, 2.75) is 31.8 Å². The lowest BCUT2D eigenvalue weighted by atomic mass is 10.0. The Morgan fingerprint density at radius 2 is 1.62 bits per heavy atom. The summed E-state index contributed by atoms with van der Waals surface area (Å²) in [7, 11) is 1.50. The number of amides is 2. The summed E-state index contributed by atoms with van der Waals surface area (Å²) in [6.07, 6.45) is 0.0553. The second-order valence-corrected chi connectivity index (χ2v) is 6.54. The van der Waals surface area contributed by atoms with Gasteiger partial charge in [-0.25, -0.2) is 9.18 Å². The van der Waals surface area contributed by atoms with E-state index in [1.165, 1.54) is 32.2 Å². The van der Waals surface area contributed by atoms with Crippen LogP contribution >= 0.6 is 0 Å². The van der Waals surface area contributed by atoms with Crippen LogP contribution in [0.25, 0.3) is 0 Å². The van der Waals surface area contributed by atoms with E-state index in [1.807, 2.05) is 0 Å². The summed E-state index contributed by atoms with van der Waals surface area (Å²) < 4.78 is 18.5. The maximum absolute atomic E-state index is 13.4. The van der Waals surface area contributed by atoms with E-state index in [1.54, 1.807) is 30.3 Å². The molecule has 2 aromatic rings. The third-order valence-corrected chi connectivity index (χ3v) is 4.21. The molecule has 0 fully saturated rings. The number of nitrogens with one attached hydrogen (secondary N) is 2. The minimum Gasteiger partial charge on any atom is -0.497 e. The van der Waals surface area contributed by atoms with Crippen LogP contribution in [-0.4, -0.2) is 42.1 Å². The van der Waals surface area contributed by atoms with E-state index < -0.39 is 35.7 Å². The number of carbonyl (C=O) groups excluding carboxylic acids is 2. The predicted molar refractivity (Wildman–Crippen MR) is 104 cm³/mol. The second kappa shape index (κ2) is 10.2. The van der Waals surface area contributed by atoms with Gasteiger partial charge in [0.05, 0.1) is 7.11 Å². The molecule has 0 aliphatic carbocycles. The van der Waals surface area contributed by atoms with Crippen molar-refractivity contribution in [1.82, 2.24) is 10.6 Å². The van der Waals surface area contributed by atoms with Gasteiger partial charge in [0, 0.05) is 19.8 Å². The first-order chi connectivity index (χ1) is 13.8. The fraction of sp³-hybridized carbons (Fsp3) is 0.286. The largest absolute Gasteiger partial charge is 0.497 e. The summed E-state index contributed by atoms with van der Waals surface area (Å²) in [5, 5.41) is 14.5. The summed E-state index contributed by atoms with van der Waals surface area (Å²) in [6.45, 7) is 1.25. The van der Waals surface area contributed by atoms with Gasteiger partial charge in [-0.1, -0.05) is 24.3 Å². The number of aliphatic carboxylic acids is 1. The van der Waals surface area contributed by atoms with Crippen LogP contribution in [0.2, 0.25) is 0 Å².